The second-order valence-corrected chi connectivity index (χ2v) is 2.71. The van der Waals surface area contributed by atoms with E-state index >= 15 is 0 Å². The van der Waals surface area contributed by atoms with Gasteiger partial charge in [0, 0.05) is 0 Å². The Morgan fingerprint density at radius 2 is 1.69 bits per heavy atom. The first-order valence-electron chi connectivity index (χ1n) is 3.71. The molecule has 0 saturated carbocycles. The second-order valence-electron chi connectivity index (χ2n) is 2.71. The van der Waals surface area contributed by atoms with E-state index in [1.165, 1.54) is 13.8 Å². The lowest BCUT2D eigenvalue weighted by Gasteiger charge is -2.11. The van der Waals surface area contributed by atoms with Gasteiger partial charge in [-0.05, 0) is 13.8 Å². The number of Topliss-reactive ketones (excluding diaryl/α,β-unsaturated/α-hetero) is 2. The molecule has 0 saturated heterocycles. The Kier molecular flexibility index (Phi) is 4.58. The van der Waals surface area contributed by atoms with Crippen LogP contribution in [0.1, 0.15) is 20.3 Å². The largest absolute Gasteiger partial charge is 0.299 e. The molecule has 0 atom stereocenters. The van der Waals surface area contributed by atoms with Gasteiger partial charge >= 0.3 is 0 Å². The molecule has 0 aromatic rings. The minimum Gasteiger partial charge on any atom is -0.299 e. The molecule has 0 aliphatic heterocycles. The monoisotopic (exact) mass is 185 g/mol. The predicted octanol–water partition coefficient (Wildman–Crippen LogP) is -0.460. The van der Waals surface area contributed by atoms with Crippen molar-refractivity contribution in [3.63, 3.8) is 0 Å². The molecule has 5 nitrogen and oxygen atoms in total. The van der Waals surface area contributed by atoms with Gasteiger partial charge in [-0.2, -0.15) is 0 Å². The Morgan fingerprint density at radius 1 is 1.15 bits per heavy atom. The van der Waals surface area contributed by atoms with Crippen LogP contribution in [-0.4, -0.2) is 35.3 Å². The van der Waals surface area contributed by atoms with Crippen molar-refractivity contribution in [3.05, 3.63) is 0 Å². The minimum atomic E-state index is -0.641. The van der Waals surface area contributed by atoms with Crippen molar-refractivity contribution < 1.29 is 19.2 Å². The van der Waals surface area contributed by atoms with E-state index in [-0.39, 0.29) is 30.9 Å². The smallest absolute Gasteiger partial charge is 0.236 e. The van der Waals surface area contributed by atoms with Gasteiger partial charge in [-0.3, -0.25) is 24.1 Å². The van der Waals surface area contributed by atoms with Crippen molar-refractivity contribution in [3.8, 4) is 0 Å². The normalized spacial score (nSPS) is 9.08. The Labute approximate surface area is 75.7 Å². The van der Waals surface area contributed by atoms with Gasteiger partial charge in [0.05, 0.1) is 13.0 Å². The molecule has 2 amide bonds. The highest BCUT2D eigenvalue weighted by Crippen LogP contribution is 1.92. The Balaban J connectivity index is 4.23. The fraction of sp³-hybridized carbons (Fsp3) is 0.500. The van der Waals surface area contributed by atoms with Gasteiger partial charge in [-0.1, -0.05) is 0 Å². The van der Waals surface area contributed by atoms with Crippen LogP contribution in [0.25, 0.3) is 0 Å². The highest BCUT2D eigenvalue weighted by molar-refractivity contribution is 6.01. The van der Waals surface area contributed by atoms with Gasteiger partial charge in [-0.15, -0.1) is 0 Å². The number of amides is 2. The summed E-state index contributed by atoms with van der Waals surface area (Å²) in [5.41, 5.74) is 0. The molecule has 0 aromatic carbocycles. The van der Waals surface area contributed by atoms with Gasteiger partial charge in [0.2, 0.25) is 12.3 Å². The molecule has 0 aliphatic rings. The summed E-state index contributed by atoms with van der Waals surface area (Å²) in [6.07, 6.45) is -0.0846. The average molecular weight is 185 g/mol. The fourth-order valence-electron chi connectivity index (χ4n) is 0.739. The Bertz CT molecular complexity index is 247. The standard InChI is InChI=1S/C8H11NO4/c1-6(11)3-8(13)9(5-10)4-7(2)12/h5H,3-4H2,1-2H3. The lowest BCUT2D eigenvalue weighted by Crippen LogP contribution is -2.34. The van der Waals surface area contributed by atoms with Crippen LogP contribution in [0.4, 0.5) is 0 Å². The van der Waals surface area contributed by atoms with E-state index in [9.17, 15) is 19.2 Å². The number of imide groups is 1. The van der Waals surface area contributed by atoms with Crippen molar-refractivity contribution in [2.45, 2.75) is 20.3 Å². The van der Waals surface area contributed by atoms with E-state index in [0.717, 1.165) is 0 Å². The molecule has 0 spiro atoms. The maximum Gasteiger partial charge on any atom is 0.236 e. The maximum absolute atomic E-state index is 11.0. The van der Waals surface area contributed by atoms with Crippen molar-refractivity contribution in [1.82, 2.24) is 4.90 Å². The Morgan fingerprint density at radius 3 is 2.00 bits per heavy atom. The van der Waals surface area contributed by atoms with E-state index < -0.39 is 5.91 Å². The van der Waals surface area contributed by atoms with Crippen LogP contribution in [0.15, 0.2) is 0 Å². The lowest BCUT2D eigenvalue weighted by atomic mass is 10.3. The molecule has 0 heterocycles. The first-order valence-corrected chi connectivity index (χ1v) is 3.71. The molecule has 0 aromatic heterocycles. The van der Waals surface area contributed by atoms with Gasteiger partial charge in [0.15, 0.2) is 0 Å². The summed E-state index contributed by atoms with van der Waals surface area (Å²) in [7, 11) is 0. The van der Waals surface area contributed by atoms with E-state index in [2.05, 4.69) is 0 Å². The summed E-state index contributed by atoms with van der Waals surface area (Å²) < 4.78 is 0. The molecule has 0 N–H and O–H groups in total. The number of rotatable bonds is 5. The van der Waals surface area contributed by atoms with E-state index in [4.69, 9.17) is 0 Å². The third-order valence-electron chi connectivity index (χ3n) is 1.24. The molecule has 0 radical (unpaired) electrons. The fourth-order valence-corrected chi connectivity index (χ4v) is 0.739. The lowest BCUT2D eigenvalue weighted by molar-refractivity contribution is -0.142. The van der Waals surface area contributed by atoms with Crippen LogP contribution in [0.2, 0.25) is 0 Å². The maximum atomic E-state index is 11.0. The molecule has 0 bridgehead atoms. The van der Waals surface area contributed by atoms with E-state index in [0.29, 0.717) is 4.90 Å². The molecule has 13 heavy (non-hydrogen) atoms. The third kappa shape index (κ3) is 4.84. The quantitative estimate of drug-likeness (QED) is 0.429. The molecular weight excluding hydrogens is 174 g/mol. The number of ketones is 2. The predicted molar refractivity (Wildman–Crippen MR) is 43.8 cm³/mol. The number of hydrogen-bond acceptors (Lipinski definition) is 4. The number of carbonyl (C=O) groups excluding carboxylic acids is 4. The van der Waals surface area contributed by atoms with Crippen LogP contribution in [0.3, 0.4) is 0 Å². The number of hydrogen-bond donors (Lipinski definition) is 0. The zero-order valence-electron chi connectivity index (χ0n) is 7.57. The van der Waals surface area contributed by atoms with Crippen molar-refractivity contribution in [2.75, 3.05) is 6.54 Å². The number of carbonyl (C=O) groups is 4. The summed E-state index contributed by atoms with van der Waals surface area (Å²) >= 11 is 0. The summed E-state index contributed by atoms with van der Waals surface area (Å²) in [5, 5.41) is 0. The summed E-state index contributed by atoms with van der Waals surface area (Å²) in [6.45, 7) is 2.24. The summed E-state index contributed by atoms with van der Waals surface area (Å²) in [4.78, 5) is 43.1. The van der Waals surface area contributed by atoms with E-state index in [1.807, 2.05) is 0 Å². The van der Waals surface area contributed by atoms with Crippen LogP contribution in [-0.2, 0) is 19.2 Å². The van der Waals surface area contributed by atoms with Crippen LogP contribution < -0.4 is 0 Å². The highest BCUT2D eigenvalue weighted by Gasteiger charge is 2.15. The summed E-state index contributed by atoms with van der Waals surface area (Å²) in [5.74, 6) is -1.28. The third-order valence-corrected chi connectivity index (χ3v) is 1.24. The first-order chi connectivity index (χ1) is 5.97. The van der Waals surface area contributed by atoms with Crippen LogP contribution >= 0.6 is 0 Å². The Hall–Kier alpha value is -1.52. The van der Waals surface area contributed by atoms with E-state index in [1.54, 1.807) is 0 Å². The average Bonchev–Trinajstić information content (AvgIpc) is 1.98. The number of nitrogens with zero attached hydrogens (tertiary/aromatic N) is 1. The summed E-state index contributed by atoms with van der Waals surface area (Å²) in [6, 6.07) is 0. The highest BCUT2D eigenvalue weighted by atomic mass is 16.2. The van der Waals surface area contributed by atoms with Gasteiger partial charge in [0.1, 0.15) is 11.6 Å². The molecule has 0 fully saturated rings. The van der Waals surface area contributed by atoms with Crippen molar-refractivity contribution in [1.29, 1.82) is 0 Å². The van der Waals surface area contributed by atoms with Crippen molar-refractivity contribution >= 4 is 23.9 Å². The molecule has 5 heteroatoms. The molecule has 0 unspecified atom stereocenters. The minimum absolute atomic E-state index is 0.257. The second kappa shape index (κ2) is 5.18. The zero-order chi connectivity index (χ0) is 10.4. The molecule has 0 rings (SSSR count). The van der Waals surface area contributed by atoms with Gasteiger partial charge in [0.25, 0.3) is 0 Å². The van der Waals surface area contributed by atoms with Crippen LogP contribution in [0, 0.1) is 0 Å². The molecular formula is C8H11NO4. The zero-order valence-corrected chi connectivity index (χ0v) is 7.57. The van der Waals surface area contributed by atoms with Crippen LogP contribution in [0.5, 0.6) is 0 Å². The molecule has 72 valence electrons. The van der Waals surface area contributed by atoms with Gasteiger partial charge < -0.3 is 0 Å². The topological polar surface area (TPSA) is 71.5 Å². The molecule has 0 aliphatic carbocycles. The van der Waals surface area contributed by atoms with Gasteiger partial charge in [-0.25, -0.2) is 0 Å². The SMILES string of the molecule is CC(=O)CC(=O)N(C=O)CC(C)=O. The van der Waals surface area contributed by atoms with Crippen molar-refractivity contribution in [2.24, 2.45) is 0 Å². The first kappa shape index (κ1) is 11.5.